The molecule has 0 aliphatic carbocycles. The second-order valence-corrected chi connectivity index (χ2v) is 6.12. The Balaban J connectivity index is 2.11. The molecule has 2 rings (SSSR count). The smallest absolute Gasteiger partial charge is 0.248 e. The average molecular weight is 365 g/mol. The molecule has 4 nitrogen and oxygen atoms in total. The van der Waals surface area contributed by atoms with E-state index >= 15 is 0 Å². The molecule has 0 aliphatic rings. The fourth-order valence-corrected chi connectivity index (χ4v) is 2.70. The van der Waals surface area contributed by atoms with Crippen LogP contribution < -0.4 is 15.0 Å². The first-order chi connectivity index (χ1) is 11.4. The first kappa shape index (κ1) is 18.2. The van der Waals surface area contributed by atoms with Crippen molar-refractivity contribution in [3.63, 3.8) is 0 Å². The third-order valence-corrected chi connectivity index (χ3v) is 3.81. The molecule has 0 saturated carbocycles. The Hall–Kier alpha value is -2.17. The van der Waals surface area contributed by atoms with Crippen molar-refractivity contribution in [2.45, 2.75) is 0 Å². The summed E-state index contributed by atoms with van der Waals surface area (Å²) in [5, 5.41) is 3.66. The SMILES string of the molecule is COc1c(Cl)cc(Cl)cc1/C=C/C(=O)Nc1ccc(N(C)C)cc1. The van der Waals surface area contributed by atoms with E-state index < -0.39 is 0 Å². The Labute approximate surface area is 151 Å². The van der Waals surface area contributed by atoms with E-state index in [0.717, 1.165) is 5.69 Å². The molecule has 2 aromatic rings. The zero-order valence-corrected chi connectivity index (χ0v) is 15.2. The zero-order valence-electron chi connectivity index (χ0n) is 13.6. The number of nitrogens with one attached hydrogen (secondary N) is 1. The Morgan fingerprint density at radius 2 is 1.83 bits per heavy atom. The highest BCUT2D eigenvalue weighted by Crippen LogP contribution is 2.32. The van der Waals surface area contributed by atoms with E-state index in [4.69, 9.17) is 27.9 Å². The Kier molecular flexibility index (Phi) is 6.12. The van der Waals surface area contributed by atoms with E-state index in [1.165, 1.54) is 13.2 Å². The fourth-order valence-electron chi connectivity index (χ4n) is 2.11. The lowest BCUT2D eigenvalue weighted by atomic mass is 10.2. The van der Waals surface area contributed by atoms with Gasteiger partial charge < -0.3 is 15.0 Å². The van der Waals surface area contributed by atoms with E-state index in [9.17, 15) is 4.79 Å². The van der Waals surface area contributed by atoms with Crippen LogP contribution in [0, 0.1) is 0 Å². The number of carbonyl (C=O) groups excluding carboxylic acids is 1. The summed E-state index contributed by atoms with van der Waals surface area (Å²) in [7, 11) is 5.43. The maximum absolute atomic E-state index is 12.1. The van der Waals surface area contributed by atoms with E-state index in [-0.39, 0.29) is 5.91 Å². The molecule has 0 unspecified atom stereocenters. The van der Waals surface area contributed by atoms with Gasteiger partial charge in [0, 0.05) is 42.1 Å². The minimum Gasteiger partial charge on any atom is -0.495 e. The molecule has 0 radical (unpaired) electrons. The molecule has 1 N–H and O–H groups in total. The number of hydrogen-bond donors (Lipinski definition) is 1. The summed E-state index contributed by atoms with van der Waals surface area (Å²) in [6, 6.07) is 10.8. The van der Waals surface area contributed by atoms with Gasteiger partial charge in [-0.05, 0) is 42.5 Å². The summed E-state index contributed by atoms with van der Waals surface area (Å²) in [4.78, 5) is 14.0. The maximum atomic E-state index is 12.1. The zero-order chi connectivity index (χ0) is 17.7. The van der Waals surface area contributed by atoms with Crippen molar-refractivity contribution in [3.8, 4) is 5.75 Å². The highest BCUT2D eigenvalue weighted by atomic mass is 35.5. The highest BCUT2D eigenvalue weighted by Gasteiger charge is 2.08. The third kappa shape index (κ3) is 4.66. The van der Waals surface area contributed by atoms with Crippen molar-refractivity contribution in [1.29, 1.82) is 0 Å². The molecule has 1 amide bonds. The molecule has 0 atom stereocenters. The molecule has 0 saturated heterocycles. The largest absolute Gasteiger partial charge is 0.495 e. The van der Waals surface area contributed by atoms with E-state index in [1.54, 1.807) is 18.2 Å². The van der Waals surface area contributed by atoms with Gasteiger partial charge in [0.25, 0.3) is 0 Å². The summed E-state index contributed by atoms with van der Waals surface area (Å²) in [6.45, 7) is 0. The molecule has 0 fully saturated rings. The first-order valence-electron chi connectivity index (χ1n) is 7.20. The van der Waals surface area contributed by atoms with Crippen molar-refractivity contribution >= 4 is 46.6 Å². The second-order valence-electron chi connectivity index (χ2n) is 5.27. The summed E-state index contributed by atoms with van der Waals surface area (Å²) in [5.74, 6) is 0.214. The molecular formula is C18H18Cl2N2O2. The third-order valence-electron chi connectivity index (χ3n) is 3.31. The molecule has 0 heterocycles. The van der Waals surface area contributed by atoms with Crippen molar-refractivity contribution in [2.75, 3.05) is 31.4 Å². The molecule has 0 bridgehead atoms. The standard InChI is InChI=1S/C18H18Cl2N2O2/c1-22(2)15-7-5-14(6-8-15)21-17(23)9-4-12-10-13(19)11-16(20)18(12)24-3/h4-11H,1-3H3,(H,21,23)/b9-4+. The summed E-state index contributed by atoms with van der Waals surface area (Å²) in [6.07, 6.45) is 3.02. The topological polar surface area (TPSA) is 41.6 Å². The summed E-state index contributed by atoms with van der Waals surface area (Å²) in [5.41, 5.74) is 2.40. The molecule has 24 heavy (non-hydrogen) atoms. The predicted molar refractivity (Wildman–Crippen MR) is 101 cm³/mol. The van der Waals surface area contributed by atoms with Gasteiger partial charge in [0.1, 0.15) is 5.75 Å². The van der Waals surface area contributed by atoms with Crippen LogP contribution in [0.1, 0.15) is 5.56 Å². The van der Waals surface area contributed by atoms with Gasteiger partial charge in [0.15, 0.2) is 0 Å². The van der Waals surface area contributed by atoms with Gasteiger partial charge in [-0.1, -0.05) is 23.2 Å². The van der Waals surface area contributed by atoms with Crippen LogP contribution in [-0.2, 0) is 4.79 Å². The van der Waals surface area contributed by atoms with Gasteiger partial charge in [-0.25, -0.2) is 0 Å². The van der Waals surface area contributed by atoms with Crippen molar-refractivity contribution < 1.29 is 9.53 Å². The molecule has 2 aromatic carbocycles. The van der Waals surface area contributed by atoms with Gasteiger partial charge in [-0.2, -0.15) is 0 Å². The number of amides is 1. The molecule has 126 valence electrons. The quantitative estimate of drug-likeness (QED) is 0.780. The van der Waals surface area contributed by atoms with Crippen LogP contribution in [0.2, 0.25) is 10.0 Å². The van der Waals surface area contributed by atoms with Crippen molar-refractivity contribution in [2.24, 2.45) is 0 Å². The van der Waals surface area contributed by atoms with Gasteiger partial charge in [-0.15, -0.1) is 0 Å². The van der Waals surface area contributed by atoms with E-state index in [2.05, 4.69) is 5.32 Å². The van der Waals surface area contributed by atoms with Gasteiger partial charge >= 0.3 is 0 Å². The number of hydrogen-bond acceptors (Lipinski definition) is 3. The average Bonchev–Trinajstić information content (AvgIpc) is 2.53. The number of halogens is 2. The minimum atomic E-state index is -0.259. The fraction of sp³-hybridized carbons (Fsp3) is 0.167. The van der Waals surface area contributed by atoms with Crippen LogP contribution in [0.4, 0.5) is 11.4 Å². The Morgan fingerprint density at radius 3 is 2.42 bits per heavy atom. The van der Waals surface area contributed by atoms with E-state index in [0.29, 0.717) is 27.0 Å². The lowest BCUT2D eigenvalue weighted by Gasteiger charge is -2.12. The van der Waals surface area contributed by atoms with Crippen LogP contribution in [0.3, 0.4) is 0 Å². The number of benzene rings is 2. The van der Waals surface area contributed by atoms with Crippen LogP contribution in [0.25, 0.3) is 6.08 Å². The van der Waals surface area contributed by atoms with Crippen molar-refractivity contribution in [1.82, 2.24) is 0 Å². The van der Waals surface area contributed by atoms with Gasteiger partial charge in [0.2, 0.25) is 5.91 Å². The molecular weight excluding hydrogens is 347 g/mol. The van der Waals surface area contributed by atoms with Crippen LogP contribution in [0.15, 0.2) is 42.5 Å². The van der Waals surface area contributed by atoms with Gasteiger partial charge in [0.05, 0.1) is 12.1 Å². The highest BCUT2D eigenvalue weighted by molar-refractivity contribution is 6.36. The lowest BCUT2D eigenvalue weighted by molar-refractivity contribution is -0.111. The number of carbonyl (C=O) groups is 1. The lowest BCUT2D eigenvalue weighted by Crippen LogP contribution is -2.10. The molecule has 0 aromatic heterocycles. The monoisotopic (exact) mass is 364 g/mol. The molecule has 0 spiro atoms. The van der Waals surface area contributed by atoms with Crippen LogP contribution >= 0.6 is 23.2 Å². The minimum absolute atomic E-state index is 0.259. The van der Waals surface area contributed by atoms with Crippen LogP contribution in [0.5, 0.6) is 5.75 Å². The first-order valence-corrected chi connectivity index (χ1v) is 7.96. The second kappa shape index (κ2) is 8.08. The van der Waals surface area contributed by atoms with Gasteiger partial charge in [-0.3, -0.25) is 4.79 Å². The van der Waals surface area contributed by atoms with Crippen LogP contribution in [-0.4, -0.2) is 27.1 Å². The van der Waals surface area contributed by atoms with Crippen molar-refractivity contribution in [3.05, 3.63) is 58.1 Å². The predicted octanol–water partition coefficient (Wildman–Crippen LogP) is 4.72. The normalized spacial score (nSPS) is 10.7. The number of nitrogens with zero attached hydrogens (tertiary/aromatic N) is 1. The maximum Gasteiger partial charge on any atom is 0.248 e. The number of rotatable bonds is 5. The molecule has 6 heteroatoms. The number of ether oxygens (including phenoxy) is 1. The number of methoxy groups -OCH3 is 1. The summed E-state index contributed by atoms with van der Waals surface area (Å²) >= 11 is 12.1. The Bertz CT molecular complexity index is 756. The Morgan fingerprint density at radius 1 is 1.17 bits per heavy atom. The molecule has 0 aliphatic heterocycles. The summed E-state index contributed by atoms with van der Waals surface area (Å²) < 4.78 is 5.24. The number of anilines is 2. The van der Waals surface area contributed by atoms with E-state index in [1.807, 2.05) is 43.3 Å².